The molecule has 0 aromatic heterocycles. The van der Waals surface area contributed by atoms with Crippen LogP contribution in [-0.4, -0.2) is 37.0 Å². The number of likely N-dealkylation sites (tertiary alicyclic amines) is 1. The second-order valence-electron chi connectivity index (χ2n) is 6.09. The molecule has 116 valence electrons. The minimum absolute atomic E-state index is 0.146. The molecule has 5 heteroatoms. The summed E-state index contributed by atoms with van der Waals surface area (Å²) in [5.41, 5.74) is 0.318. The molecule has 0 bridgehead atoms. The molecule has 0 saturated carbocycles. The average molecular weight is 313 g/mol. The summed E-state index contributed by atoms with van der Waals surface area (Å²) in [5, 5.41) is 2.99. The van der Waals surface area contributed by atoms with Crippen molar-refractivity contribution in [2.75, 3.05) is 26.2 Å². The zero-order valence-electron chi connectivity index (χ0n) is 12.5. The number of carbonyl (C=O) groups is 1. The summed E-state index contributed by atoms with van der Waals surface area (Å²) in [7, 11) is 0. The zero-order chi connectivity index (χ0) is 15.4. The van der Waals surface area contributed by atoms with Crippen molar-refractivity contribution in [2.45, 2.75) is 20.3 Å². The van der Waals surface area contributed by atoms with Crippen LogP contribution in [0.15, 0.2) is 18.2 Å². The number of amides is 1. The summed E-state index contributed by atoms with van der Waals surface area (Å²) in [6.45, 7) is 8.10. The third kappa shape index (κ3) is 4.68. The van der Waals surface area contributed by atoms with E-state index in [9.17, 15) is 9.18 Å². The highest BCUT2D eigenvalue weighted by Gasteiger charge is 2.21. The van der Waals surface area contributed by atoms with Gasteiger partial charge in [0.2, 0.25) is 0 Å². The summed E-state index contributed by atoms with van der Waals surface area (Å²) in [4.78, 5) is 14.4. The zero-order valence-corrected chi connectivity index (χ0v) is 13.3. The van der Waals surface area contributed by atoms with E-state index in [1.807, 2.05) is 0 Å². The van der Waals surface area contributed by atoms with E-state index in [-0.39, 0.29) is 10.9 Å². The Morgan fingerprint density at radius 2 is 2.05 bits per heavy atom. The van der Waals surface area contributed by atoms with Crippen molar-refractivity contribution in [1.82, 2.24) is 10.2 Å². The number of hydrogen-bond donors (Lipinski definition) is 1. The van der Waals surface area contributed by atoms with Crippen molar-refractivity contribution in [3.05, 3.63) is 34.6 Å². The van der Waals surface area contributed by atoms with E-state index >= 15 is 0 Å². The van der Waals surface area contributed by atoms with Gasteiger partial charge in [0, 0.05) is 26.2 Å². The smallest absolute Gasteiger partial charge is 0.252 e. The molecule has 21 heavy (non-hydrogen) atoms. The molecule has 1 N–H and O–H groups in total. The summed E-state index contributed by atoms with van der Waals surface area (Å²) in [6, 6.07) is 3.82. The van der Waals surface area contributed by atoms with Crippen LogP contribution in [0.4, 0.5) is 4.39 Å². The van der Waals surface area contributed by atoms with Gasteiger partial charge in [0.25, 0.3) is 5.91 Å². The van der Waals surface area contributed by atoms with Crippen molar-refractivity contribution in [1.29, 1.82) is 0 Å². The van der Waals surface area contributed by atoms with Crippen LogP contribution in [0.3, 0.4) is 0 Å². The van der Waals surface area contributed by atoms with Crippen LogP contribution < -0.4 is 5.32 Å². The van der Waals surface area contributed by atoms with Gasteiger partial charge in [0.05, 0.1) is 10.6 Å². The SMILES string of the molecule is C[C@@H]1C[C@H](C)CN(CCNC(=O)c2ccc(F)cc2Cl)C1. The molecule has 1 aliphatic rings. The Kier molecular flexibility index (Phi) is 5.59. The van der Waals surface area contributed by atoms with Gasteiger partial charge in [-0.2, -0.15) is 0 Å². The van der Waals surface area contributed by atoms with Crippen molar-refractivity contribution in [3.8, 4) is 0 Å². The predicted molar refractivity (Wildman–Crippen MR) is 83.1 cm³/mol. The largest absolute Gasteiger partial charge is 0.351 e. The number of benzene rings is 1. The molecule has 0 unspecified atom stereocenters. The summed E-state index contributed by atoms with van der Waals surface area (Å²) in [5.74, 6) is 0.720. The molecule has 1 aromatic rings. The van der Waals surface area contributed by atoms with Crippen LogP contribution in [0, 0.1) is 17.7 Å². The second kappa shape index (κ2) is 7.23. The highest BCUT2D eigenvalue weighted by Crippen LogP contribution is 2.20. The van der Waals surface area contributed by atoms with Gasteiger partial charge in [-0.15, -0.1) is 0 Å². The Labute approximate surface area is 130 Å². The van der Waals surface area contributed by atoms with Crippen molar-refractivity contribution in [2.24, 2.45) is 11.8 Å². The number of carbonyl (C=O) groups excluding carboxylic acids is 1. The molecule has 1 heterocycles. The third-order valence-electron chi connectivity index (χ3n) is 3.83. The van der Waals surface area contributed by atoms with Crippen LogP contribution in [0.5, 0.6) is 0 Å². The molecule has 0 spiro atoms. The maximum atomic E-state index is 13.0. The Hall–Kier alpha value is -1.13. The van der Waals surface area contributed by atoms with Gasteiger partial charge >= 0.3 is 0 Å². The lowest BCUT2D eigenvalue weighted by Gasteiger charge is -2.34. The highest BCUT2D eigenvalue weighted by molar-refractivity contribution is 6.33. The fourth-order valence-electron chi connectivity index (χ4n) is 3.07. The topological polar surface area (TPSA) is 32.3 Å². The van der Waals surface area contributed by atoms with E-state index in [1.54, 1.807) is 0 Å². The second-order valence-corrected chi connectivity index (χ2v) is 6.49. The summed E-state index contributed by atoms with van der Waals surface area (Å²) >= 11 is 5.88. The average Bonchev–Trinajstić information content (AvgIpc) is 2.37. The molecular formula is C16H22ClFN2O. The van der Waals surface area contributed by atoms with Crippen LogP contribution in [0.25, 0.3) is 0 Å². The number of nitrogens with one attached hydrogen (secondary N) is 1. The van der Waals surface area contributed by atoms with E-state index in [1.165, 1.54) is 18.6 Å². The van der Waals surface area contributed by atoms with Gasteiger partial charge in [0.15, 0.2) is 0 Å². The molecule has 1 aliphatic heterocycles. The van der Waals surface area contributed by atoms with Crippen LogP contribution in [0.2, 0.25) is 5.02 Å². The normalized spacial score (nSPS) is 23.0. The van der Waals surface area contributed by atoms with Gasteiger partial charge in [-0.05, 0) is 36.5 Å². The maximum Gasteiger partial charge on any atom is 0.252 e. The highest BCUT2D eigenvalue weighted by atomic mass is 35.5. The van der Waals surface area contributed by atoms with Crippen molar-refractivity contribution in [3.63, 3.8) is 0 Å². The number of piperidine rings is 1. The number of hydrogen-bond acceptors (Lipinski definition) is 2. The molecule has 2 atom stereocenters. The molecule has 1 amide bonds. The molecule has 3 nitrogen and oxygen atoms in total. The third-order valence-corrected chi connectivity index (χ3v) is 4.15. The molecular weight excluding hydrogens is 291 g/mol. The van der Waals surface area contributed by atoms with E-state index in [0.717, 1.165) is 25.7 Å². The van der Waals surface area contributed by atoms with E-state index < -0.39 is 5.82 Å². The molecule has 0 aliphatic carbocycles. The quantitative estimate of drug-likeness (QED) is 0.926. The lowest BCUT2D eigenvalue weighted by Crippen LogP contribution is -2.42. The first-order valence-corrected chi connectivity index (χ1v) is 7.79. The van der Waals surface area contributed by atoms with Gasteiger partial charge in [0.1, 0.15) is 5.82 Å². The van der Waals surface area contributed by atoms with Crippen LogP contribution in [-0.2, 0) is 0 Å². The standard InChI is InChI=1S/C16H22ClFN2O/c1-11-7-12(2)10-20(9-11)6-5-19-16(21)14-4-3-13(18)8-15(14)17/h3-4,8,11-12H,5-7,9-10H2,1-2H3,(H,19,21)/t11-,12+. The first kappa shape index (κ1) is 16.2. The number of halogens is 2. The first-order valence-electron chi connectivity index (χ1n) is 7.41. The molecule has 1 saturated heterocycles. The first-order chi connectivity index (χ1) is 9.95. The van der Waals surface area contributed by atoms with Crippen molar-refractivity contribution < 1.29 is 9.18 Å². The van der Waals surface area contributed by atoms with Crippen LogP contribution >= 0.6 is 11.6 Å². The van der Waals surface area contributed by atoms with Gasteiger partial charge in [-0.3, -0.25) is 4.79 Å². The Bertz CT molecular complexity index is 499. The number of rotatable bonds is 4. The number of nitrogens with zero attached hydrogens (tertiary/aromatic N) is 1. The summed E-state index contributed by atoms with van der Waals surface area (Å²) < 4.78 is 13.0. The minimum atomic E-state index is -0.437. The monoisotopic (exact) mass is 312 g/mol. The Morgan fingerprint density at radius 1 is 1.38 bits per heavy atom. The minimum Gasteiger partial charge on any atom is -0.351 e. The fraction of sp³-hybridized carbons (Fsp3) is 0.562. The lowest BCUT2D eigenvalue weighted by molar-refractivity contribution is 0.0937. The van der Waals surface area contributed by atoms with Gasteiger partial charge in [-0.25, -0.2) is 4.39 Å². The van der Waals surface area contributed by atoms with E-state index in [0.29, 0.717) is 23.9 Å². The lowest BCUT2D eigenvalue weighted by atomic mass is 9.92. The molecule has 1 aromatic carbocycles. The molecule has 2 rings (SSSR count). The van der Waals surface area contributed by atoms with Gasteiger partial charge < -0.3 is 10.2 Å². The van der Waals surface area contributed by atoms with E-state index in [2.05, 4.69) is 24.1 Å². The Balaban J connectivity index is 1.81. The molecule has 1 fully saturated rings. The Morgan fingerprint density at radius 3 is 2.67 bits per heavy atom. The fourth-order valence-corrected chi connectivity index (χ4v) is 3.32. The predicted octanol–water partition coefficient (Wildman–Crippen LogP) is 3.19. The van der Waals surface area contributed by atoms with Gasteiger partial charge in [-0.1, -0.05) is 25.4 Å². The van der Waals surface area contributed by atoms with Crippen LogP contribution in [0.1, 0.15) is 30.6 Å². The molecule has 0 radical (unpaired) electrons. The maximum absolute atomic E-state index is 13.0. The van der Waals surface area contributed by atoms with E-state index in [4.69, 9.17) is 11.6 Å². The van der Waals surface area contributed by atoms with Crippen molar-refractivity contribution >= 4 is 17.5 Å². The summed E-state index contributed by atoms with van der Waals surface area (Å²) in [6.07, 6.45) is 1.27.